The van der Waals surface area contributed by atoms with Crippen LogP contribution in [0.3, 0.4) is 0 Å². The van der Waals surface area contributed by atoms with Gasteiger partial charge in [0.25, 0.3) is 0 Å². The molecule has 0 aromatic carbocycles. The van der Waals surface area contributed by atoms with Gasteiger partial charge >= 0.3 is 0 Å². The third-order valence-electron chi connectivity index (χ3n) is 4.89. The molecule has 0 aromatic rings. The van der Waals surface area contributed by atoms with Crippen molar-refractivity contribution in [3.8, 4) is 0 Å². The van der Waals surface area contributed by atoms with E-state index in [1.54, 1.807) is 0 Å². The highest BCUT2D eigenvalue weighted by Gasteiger charge is 2.64. The van der Waals surface area contributed by atoms with Crippen LogP contribution < -0.4 is 0 Å². The maximum Gasteiger partial charge on any atom is -0.0243 e. The van der Waals surface area contributed by atoms with Crippen molar-refractivity contribution in [1.82, 2.24) is 0 Å². The molecule has 3 aliphatic carbocycles. The molecule has 0 heteroatoms. The van der Waals surface area contributed by atoms with Gasteiger partial charge in [0.1, 0.15) is 0 Å². The molecule has 0 aromatic heterocycles. The summed E-state index contributed by atoms with van der Waals surface area (Å²) < 4.78 is 0. The molecule has 0 N–H and O–H groups in total. The molecular weight excluding hydrogens is 120 g/mol. The largest absolute Gasteiger partial charge is 0.0620 e. The minimum absolute atomic E-state index is 0.659. The Morgan fingerprint density at radius 2 is 1.80 bits per heavy atom. The molecule has 0 nitrogen and oxygen atoms in total. The van der Waals surface area contributed by atoms with Gasteiger partial charge in [0, 0.05) is 0 Å². The molecule has 0 spiro atoms. The van der Waals surface area contributed by atoms with Crippen molar-refractivity contribution in [3.63, 3.8) is 0 Å². The fourth-order valence-electron chi connectivity index (χ4n) is 3.27. The summed E-state index contributed by atoms with van der Waals surface area (Å²) in [5, 5.41) is 0. The Morgan fingerprint density at radius 1 is 1.20 bits per heavy atom. The summed E-state index contributed by atoms with van der Waals surface area (Å²) in [4.78, 5) is 0. The summed E-state index contributed by atoms with van der Waals surface area (Å²) in [5.41, 5.74) is 1.35. The van der Waals surface area contributed by atoms with E-state index >= 15 is 0 Å². The third-order valence-corrected chi connectivity index (χ3v) is 4.89. The molecule has 0 aliphatic heterocycles. The van der Waals surface area contributed by atoms with Gasteiger partial charge in [-0.1, -0.05) is 27.7 Å². The average molecular weight is 138 g/mol. The third kappa shape index (κ3) is 0.436. The van der Waals surface area contributed by atoms with Crippen LogP contribution in [0, 0.1) is 22.7 Å². The van der Waals surface area contributed by atoms with Crippen molar-refractivity contribution < 1.29 is 0 Å². The van der Waals surface area contributed by atoms with E-state index < -0.39 is 0 Å². The number of hydrogen-bond acceptors (Lipinski definition) is 0. The van der Waals surface area contributed by atoms with E-state index in [1.807, 2.05) is 0 Å². The zero-order valence-corrected chi connectivity index (χ0v) is 7.57. The standard InChI is InChI=1S/C10H18/c1-7-5-8-6-10(7,4)9(8,2)3/h7-8H,5-6H2,1-4H3. The molecule has 3 aliphatic rings. The zero-order valence-electron chi connectivity index (χ0n) is 7.57. The second kappa shape index (κ2) is 1.44. The van der Waals surface area contributed by atoms with E-state index in [-0.39, 0.29) is 0 Å². The van der Waals surface area contributed by atoms with E-state index in [0.29, 0.717) is 10.8 Å². The summed E-state index contributed by atoms with van der Waals surface area (Å²) in [6.07, 6.45) is 2.99. The Labute approximate surface area is 64.0 Å². The molecular formula is C10H18. The fourth-order valence-corrected chi connectivity index (χ4v) is 3.27. The summed E-state index contributed by atoms with van der Waals surface area (Å²) in [5.74, 6) is 2.03. The monoisotopic (exact) mass is 138 g/mol. The lowest BCUT2D eigenvalue weighted by Gasteiger charge is -2.54. The molecule has 3 fully saturated rings. The van der Waals surface area contributed by atoms with Gasteiger partial charge in [-0.15, -0.1) is 0 Å². The molecule has 0 heterocycles. The molecule has 2 bridgehead atoms. The van der Waals surface area contributed by atoms with Gasteiger partial charge in [0.15, 0.2) is 0 Å². The Balaban J connectivity index is 2.34. The van der Waals surface area contributed by atoms with E-state index in [2.05, 4.69) is 27.7 Å². The Hall–Kier alpha value is 0. The highest BCUT2D eigenvalue weighted by molar-refractivity contribution is 5.13. The van der Waals surface area contributed by atoms with Crippen molar-refractivity contribution in [2.24, 2.45) is 22.7 Å². The maximum atomic E-state index is 2.47. The van der Waals surface area contributed by atoms with Gasteiger partial charge in [0.2, 0.25) is 0 Å². The van der Waals surface area contributed by atoms with Crippen LogP contribution in [-0.2, 0) is 0 Å². The van der Waals surface area contributed by atoms with Crippen LogP contribution in [0.25, 0.3) is 0 Å². The van der Waals surface area contributed by atoms with E-state index in [9.17, 15) is 0 Å². The van der Waals surface area contributed by atoms with Crippen molar-refractivity contribution in [2.75, 3.05) is 0 Å². The molecule has 3 rings (SSSR count). The van der Waals surface area contributed by atoms with E-state index in [1.165, 1.54) is 12.8 Å². The minimum atomic E-state index is 0.659. The lowest BCUT2D eigenvalue weighted by molar-refractivity contribution is -0.0559. The first kappa shape index (κ1) is 6.69. The summed E-state index contributed by atoms with van der Waals surface area (Å²) in [6.45, 7) is 9.80. The first-order valence-electron chi connectivity index (χ1n) is 4.48. The molecule has 3 saturated carbocycles. The minimum Gasteiger partial charge on any atom is -0.0620 e. The highest BCUT2D eigenvalue weighted by Crippen LogP contribution is 2.72. The first-order chi connectivity index (χ1) is 4.48. The summed E-state index contributed by atoms with van der Waals surface area (Å²) in [6, 6.07) is 0. The lowest BCUT2D eigenvalue weighted by atomic mass is 9.50. The van der Waals surface area contributed by atoms with Gasteiger partial charge in [-0.25, -0.2) is 0 Å². The predicted octanol–water partition coefficient (Wildman–Crippen LogP) is 3.08. The van der Waals surface area contributed by atoms with Crippen molar-refractivity contribution in [2.45, 2.75) is 40.5 Å². The van der Waals surface area contributed by atoms with Crippen LogP contribution in [0.2, 0.25) is 0 Å². The van der Waals surface area contributed by atoms with Gasteiger partial charge in [0.05, 0.1) is 0 Å². The van der Waals surface area contributed by atoms with Gasteiger partial charge in [-0.05, 0) is 35.5 Å². The zero-order chi connectivity index (χ0) is 7.57. The summed E-state index contributed by atoms with van der Waals surface area (Å²) >= 11 is 0. The van der Waals surface area contributed by atoms with Crippen molar-refractivity contribution >= 4 is 0 Å². The van der Waals surface area contributed by atoms with Crippen LogP contribution >= 0.6 is 0 Å². The average Bonchev–Trinajstić information content (AvgIpc) is 2.20. The smallest absolute Gasteiger partial charge is 0.0243 e. The fraction of sp³-hybridized carbons (Fsp3) is 1.00. The van der Waals surface area contributed by atoms with Gasteiger partial charge in [-0.3, -0.25) is 0 Å². The van der Waals surface area contributed by atoms with Crippen LogP contribution in [0.1, 0.15) is 40.5 Å². The molecule has 3 unspecified atom stereocenters. The lowest BCUT2D eigenvalue weighted by Crippen LogP contribution is -2.47. The number of rotatable bonds is 0. The Morgan fingerprint density at radius 3 is 1.90 bits per heavy atom. The molecule has 0 radical (unpaired) electrons. The molecule has 10 heavy (non-hydrogen) atoms. The Bertz CT molecular complexity index is 167. The maximum absolute atomic E-state index is 2.47. The number of hydrogen-bond donors (Lipinski definition) is 0. The second-order valence-corrected chi connectivity index (χ2v) is 5.18. The first-order valence-corrected chi connectivity index (χ1v) is 4.48. The SMILES string of the molecule is CC1CC2CC1(C)C2(C)C. The normalized spacial score (nSPS) is 56.4. The van der Waals surface area contributed by atoms with Crippen LogP contribution in [0.4, 0.5) is 0 Å². The molecule has 0 saturated heterocycles. The predicted molar refractivity (Wildman–Crippen MR) is 43.8 cm³/mol. The van der Waals surface area contributed by atoms with Gasteiger partial charge < -0.3 is 0 Å². The molecule has 0 amide bonds. The van der Waals surface area contributed by atoms with Crippen molar-refractivity contribution in [3.05, 3.63) is 0 Å². The quantitative estimate of drug-likeness (QED) is 0.482. The van der Waals surface area contributed by atoms with Gasteiger partial charge in [-0.2, -0.15) is 0 Å². The molecule has 3 atom stereocenters. The van der Waals surface area contributed by atoms with Crippen LogP contribution in [0.5, 0.6) is 0 Å². The Kier molecular flexibility index (Phi) is 0.964. The second-order valence-electron chi connectivity index (χ2n) is 5.18. The summed E-state index contributed by atoms with van der Waals surface area (Å²) in [7, 11) is 0. The number of fused-ring (bicyclic) bond motifs is 1. The van der Waals surface area contributed by atoms with Crippen LogP contribution in [-0.4, -0.2) is 0 Å². The van der Waals surface area contributed by atoms with E-state index in [4.69, 9.17) is 0 Å². The topological polar surface area (TPSA) is 0 Å². The van der Waals surface area contributed by atoms with E-state index in [0.717, 1.165) is 11.8 Å². The van der Waals surface area contributed by atoms with Crippen LogP contribution in [0.15, 0.2) is 0 Å². The van der Waals surface area contributed by atoms with Crippen molar-refractivity contribution in [1.29, 1.82) is 0 Å². The highest BCUT2D eigenvalue weighted by atomic mass is 14.7. The molecule has 58 valence electrons.